The first-order valence-electron chi connectivity index (χ1n) is 22.8. The number of allylic oxidation sites excluding steroid dienone is 2. The van der Waals surface area contributed by atoms with Crippen molar-refractivity contribution in [2.75, 3.05) is 22.9 Å². The third kappa shape index (κ3) is 6.81. The van der Waals surface area contributed by atoms with Crippen molar-refractivity contribution in [1.82, 2.24) is 0 Å². The Balaban J connectivity index is 1.39. The van der Waals surface area contributed by atoms with Crippen molar-refractivity contribution < 1.29 is 0 Å². The molecule has 5 aliphatic rings. The first-order valence-corrected chi connectivity index (χ1v) is 24.8. The van der Waals surface area contributed by atoms with Crippen LogP contribution in [0.25, 0.3) is 5.57 Å². The van der Waals surface area contributed by atoms with Crippen molar-refractivity contribution in [1.29, 1.82) is 0 Å². The van der Waals surface area contributed by atoms with E-state index in [2.05, 4.69) is 136 Å². The van der Waals surface area contributed by atoms with Crippen LogP contribution in [0, 0.1) is 41.5 Å². The van der Waals surface area contributed by atoms with Crippen LogP contribution < -0.4 is 9.80 Å². The van der Waals surface area contributed by atoms with E-state index in [0.717, 1.165) is 24.4 Å². The molecule has 0 amide bonds. The van der Waals surface area contributed by atoms with E-state index in [1.165, 1.54) is 151 Å². The SMILES string of the molecule is Cc1cc(C)c(N2CCN(c3c(C)cc(C)cc3C)C2=C2CCCCC2P(=C2C=C(c3ccccc3)c3ccccc32)(C2CCCCC2)C2CCCCC2)c(C)c1. The number of fused-ring (bicyclic) bond motifs is 1. The number of aryl methyl sites for hydroxylation is 6. The summed E-state index contributed by atoms with van der Waals surface area (Å²) in [5, 5.41) is 1.82. The minimum atomic E-state index is -1.84. The zero-order valence-corrected chi connectivity index (χ0v) is 36.9. The van der Waals surface area contributed by atoms with E-state index in [1.54, 1.807) is 11.4 Å². The van der Waals surface area contributed by atoms with Crippen molar-refractivity contribution in [3.05, 3.63) is 146 Å². The molecule has 9 rings (SSSR count). The molecule has 3 heteroatoms. The maximum absolute atomic E-state index is 2.85. The molecule has 0 aromatic heterocycles. The molecule has 4 aromatic carbocycles. The molecule has 1 heterocycles. The first kappa shape index (κ1) is 38.8. The Labute approximate surface area is 345 Å². The largest absolute Gasteiger partial charge is 0.325 e. The van der Waals surface area contributed by atoms with Gasteiger partial charge in [-0.1, -0.05) is 142 Å². The van der Waals surface area contributed by atoms with Gasteiger partial charge in [-0.05, 0) is 159 Å². The topological polar surface area (TPSA) is 6.48 Å². The molecule has 1 aliphatic heterocycles. The van der Waals surface area contributed by atoms with E-state index >= 15 is 0 Å². The fourth-order valence-corrected chi connectivity index (χ4v) is 20.6. The molecule has 0 spiro atoms. The van der Waals surface area contributed by atoms with Gasteiger partial charge in [-0.3, -0.25) is 0 Å². The fraction of sp³-hybridized carbons (Fsp3) is 0.463. The van der Waals surface area contributed by atoms with E-state index in [4.69, 9.17) is 0 Å². The van der Waals surface area contributed by atoms with E-state index in [9.17, 15) is 0 Å². The van der Waals surface area contributed by atoms with Crippen LogP contribution in [0.5, 0.6) is 0 Å². The third-order valence-electron chi connectivity index (χ3n) is 14.9. The van der Waals surface area contributed by atoms with Gasteiger partial charge in [-0.15, -0.1) is 0 Å². The summed E-state index contributed by atoms with van der Waals surface area (Å²) in [4.78, 5) is 5.71. The Kier molecular flexibility index (Phi) is 11.0. The lowest BCUT2D eigenvalue weighted by molar-refractivity contribution is 0.474. The molecule has 0 N–H and O–H groups in total. The second-order valence-corrected chi connectivity index (χ2v) is 22.9. The van der Waals surface area contributed by atoms with Crippen LogP contribution in [-0.4, -0.2) is 35.4 Å². The Morgan fingerprint density at radius 1 is 0.509 bits per heavy atom. The van der Waals surface area contributed by atoms with Crippen LogP contribution >= 0.6 is 6.89 Å². The number of hydrogen-bond donors (Lipinski definition) is 0. The van der Waals surface area contributed by atoms with Crippen molar-refractivity contribution >= 4 is 29.1 Å². The van der Waals surface area contributed by atoms with Crippen molar-refractivity contribution in [3.8, 4) is 0 Å². The molecule has 2 nitrogen and oxygen atoms in total. The maximum atomic E-state index is 2.85. The summed E-state index contributed by atoms with van der Waals surface area (Å²) >= 11 is 0. The number of benzene rings is 4. The predicted molar refractivity (Wildman–Crippen MR) is 250 cm³/mol. The number of rotatable bonds is 6. The zero-order chi connectivity index (χ0) is 39.3. The molecule has 4 fully saturated rings. The van der Waals surface area contributed by atoms with Crippen LogP contribution in [0.4, 0.5) is 11.4 Å². The van der Waals surface area contributed by atoms with Crippen LogP contribution in [0.3, 0.4) is 0 Å². The number of hydrogen-bond acceptors (Lipinski definition) is 2. The second kappa shape index (κ2) is 16.1. The number of nitrogens with zero attached hydrogens (tertiary/aromatic N) is 2. The highest BCUT2D eigenvalue weighted by Crippen LogP contribution is 2.73. The van der Waals surface area contributed by atoms with Gasteiger partial charge in [0.25, 0.3) is 0 Å². The molecule has 3 saturated carbocycles. The van der Waals surface area contributed by atoms with Crippen LogP contribution in [0.2, 0.25) is 0 Å². The van der Waals surface area contributed by atoms with Gasteiger partial charge in [-0.25, -0.2) is 0 Å². The quantitative estimate of drug-likeness (QED) is 0.180. The second-order valence-electron chi connectivity index (χ2n) is 18.7. The lowest BCUT2D eigenvalue weighted by Crippen LogP contribution is -2.38. The van der Waals surface area contributed by atoms with Gasteiger partial charge in [0.2, 0.25) is 0 Å². The van der Waals surface area contributed by atoms with Crippen LogP contribution in [0.15, 0.2) is 96.3 Å². The highest BCUT2D eigenvalue weighted by Gasteiger charge is 2.49. The summed E-state index contributed by atoms with van der Waals surface area (Å²) < 4.78 is 0. The summed E-state index contributed by atoms with van der Waals surface area (Å²) in [6.45, 7) is 14.3. The molecule has 1 atom stereocenters. The van der Waals surface area contributed by atoms with Crippen LogP contribution in [-0.2, 0) is 0 Å². The molecule has 4 aliphatic carbocycles. The van der Waals surface area contributed by atoms with Gasteiger partial charge in [0.1, 0.15) is 5.82 Å². The molecule has 0 radical (unpaired) electrons. The molecule has 57 heavy (non-hydrogen) atoms. The Hall–Kier alpha value is -3.74. The summed E-state index contributed by atoms with van der Waals surface area (Å²) in [5.41, 5.74) is 21.3. The van der Waals surface area contributed by atoms with Crippen molar-refractivity contribution in [2.24, 2.45) is 0 Å². The van der Waals surface area contributed by atoms with Gasteiger partial charge in [0.15, 0.2) is 0 Å². The molecular formula is C54H67N2P. The van der Waals surface area contributed by atoms with Crippen LogP contribution in [0.1, 0.15) is 140 Å². The maximum Gasteiger partial charge on any atom is 0.113 e. The summed E-state index contributed by atoms with van der Waals surface area (Å²) in [5.74, 6) is 1.57. The van der Waals surface area contributed by atoms with Gasteiger partial charge in [0.05, 0.1) is 0 Å². The lowest BCUT2D eigenvalue weighted by Gasteiger charge is -2.53. The monoisotopic (exact) mass is 775 g/mol. The van der Waals surface area contributed by atoms with Gasteiger partial charge in [0, 0.05) is 30.1 Å². The van der Waals surface area contributed by atoms with E-state index < -0.39 is 6.89 Å². The molecule has 4 aromatic rings. The molecule has 298 valence electrons. The number of anilines is 2. The standard InChI is InChI=1S/C54H67N2P/c1-37-32-39(3)52(40(4)33-37)55-30-31-56(53-41(5)34-38(2)35-42(53)6)54(55)48-28-18-19-29-50(48)57(44-22-12-8-13-23-44,45-24-14-9-15-25-45)51-36-49(43-20-10-7-11-21-43)46-26-16-17-27-47(46)51/h7,10-11,16-17,20-21,26-27,32-36,44-45,50H,8-9,12-15,18-19,22-25,28-31H2,1-6H3. The Morgan fingerprint density at radius 3 is 1.51 bits per heavy atom. The van der Waals surface area contributed by atoms with E-state index in [-0.39, 0.29) is 0 Å². The molecule has 1 saturated heterocycles. The van der Waals surface area contributed by atoms with Crippen molar-refractivity contribution in [2.45, 2.75) is 148 Å². The van der Waals surface area contributed by atoms with Crippen molar-refractivity contribution in [3.63, 3.8) is 0 Å². The normalized spacial score (nSPS) is 21.1. The van der Waals surface area contributed by atoms with E-state index in [0.29, 0.717) is 5.66 Å². The summed E-state index contributed by atoms with van der Waals surface area (Å²) in [7, 11) is 0. The average Bonchev–Trinajstić information content (AvgIpc) is 3.81. The Bertz CT molecular complexity index is 2120. The average molecular weight is 775 g/mol. The highest BCUT2D eigenvalue weighted by molar-refractivity contribution is 7.79. The fourth-order valence-electron chi connectivity index (χ4n) is 13.1. The molecule has 0 bridgehead atoms. The van der Waals surface area contributed by atoms with Gasteiger partial charge >= 0.3 is 0 Å². The smallest absolute Gasteiger partial charge is 0.113 e. The zero-order valence-electron chi connectivity index (χ0n) is 36.0. The van der Waals surface area contributed by atoms with Gasteiger partial charge < -0.3 is 9.80 Å². The lowest BCUT2D eigenvalue weighted by atomic mass is 9.92. The van der Waals surface area contributed by atoms with Gasteiger partial charge in [-0.2, -0.15) is 0 Å². The van der Waals surface area contributed by atoms with E-state index in [1.807, 2.05) is 10.9 Å². The molecular weight excluding hydrogens is 708 g/mol. The predicted octanol–water partition coefficient (Wildman–Crippen LogP) is 14.4. The third-order valence-corrected chi connectivity index (χ3v) is 21.1. The highest BCUT2D eigenvalue weighted by atomic mass is 31.2. The summed E-state index contributed by atoms with van der Waals surface area (Å²) in [6.07, 6.45) is 22.2. The minimum Gasteiger partial charge on any atom is -0.325 e. The minimum absolute atomic E-state index is 0.613. The summed E-state index contributed by atoms with van der Waals surface area (Å²) in [6, 6.07) is 30.9. The Morgan fingerprint density at radius 2 is 0.982 bits per heavy atom. The first-order chi connectivity index (χ1) is 27.8. The molecule has 1 unspecified atom stereocenters.